The number of fused-ring (bicyclic) bond motifs is 2. The molecule has 1 saturated heterocycles. The van der Waals surface area contributed by atoms with Gasteiger partial charge in [0, 0.05) is 55.9 Å². The second kappa shape index (κ2) is 10.8. The number of hydrogen-bond donors (Lipinski definition) is 1. The number of nitrogens with zero attached hydrogens (tertiary/aromatic N) is 6. The second-order valence-electron chi connectivity index (χ2n) is 9.55. The lowest BCUT2D eigenvalue weighted by atomic mass is 10.0. The van der Waals surface area contributed by atoms with Crippen LogP contribution in [0.15, 0.2) is 30.5 Å². The first-order valence-corrected chi connectivity index (χ1v) is 12.9. The molecule has 2 aromatic heterocycles. The standard InChI is InChI=1S/C26H35N7O3/c1-3-30-11-6-8-20(30)16-27-26(35)25-21-17-31(12-10-23(21)32(29-25)13-14-36-2)24(34)18-33-22-9-5-4-7-19(22)15-28-33/h4-5,7,9,15,20H,3,6,8,10-14,16-18H2,1-2H3,(H,27,35). The summed E-state index contributed by atoms with van der Waals surface area (Å²) in [6.45, 7) is 7.05. The van der Waals surface area contributed by atoms with E-state index < -0.39 is 0 Å². The molecule has 0 saturated carbocycles. The van der Waals surface area contributed by atoms with Crippen LogP contribution in [0.1, 0.15) is 41.5 Å². The lowest BCUT2D eigenvalue weighted by molar-refractivity contribution is -0.132. The molecule has 1 unspecified atom stereocenters. The van der Waals surface area contributed by atoms with Crippen LogP contribution >= 0.6 is 0 Å². The van der Waals surface area contributed by atoms with E-state index in [4.69, 9.17) is 4.74 Å². The van der Waals surface area contributed by atoms with Crippen LogP contribution in [0, 0.1) is 0 Å². The van der Waals surface area contributed by atoms with Gasteiger partial charge in [-0.1, -0.05) is 25.1 Å². The largest absolute Gasteiger partial charge is 0.383 e. The minimum atomic E-state index is -0.169. The molecule has 5 rings (SSSR count). The number of likely N-dealkylation sites (tertiary alicyclic amines) is 1. The van der Waals surface area contributed by atoms with Crippen molar-refractivity contribution in [3.63, 3.8) is 0 Å². The Morgan fingerprint density at radius 2 is 2.06 bits per heavy atom. The highest BCUT2D eigenvalue weighted by Gasteiger charge is 2.31. The van der Waals surface area contributed by atoms with Crippen molar-refractivity contribution in [3.8, 4) is 0 Å². The first-order chi connectivity index (χ1) is 17.6. The number of methoxy groups -OCH3 is 1. The summed E-state index contributed by atoms with van der Waals surface area (Å²) >= 11 is 0. The van der Waals surface area contributed by atoms with Gasteiger partial charge in [-0.3, -0.25) is 23.9 Å². The first kappa shape index (κ1) is 24.5. The zero-order chi connectivity index (χ0) is 25.1. The van der Waals surface area contributed by atoms with E-state index in [-0.39, 0.29) is 18.4 Å². The number of ether oxygens (including phenoxy) is 1. The third-order valence-electron chi connectivity index (χ3n) is 7.45. The van der Waals surface area contributed by atoms with Crippen molar-refractivity contribution in [2.75, 3.05) is 39.9 Å². The first-order valence-electron chi connectivity index (χ1n) is 12.9. The molecule has 2 aliphatic heterocycles. The van der Waals surface area contributed by atoms with E-state index in [1.807, 2.05) is 33.8 Å². The molecule has 0 spiro atoms. The van der Waals surface area contributed by atoms with Crippen molar-refractivity contribution in [3.05, 3.63) is 47.4 Å². The lowest BCUT2D eigenvalue weighted by Gasteiger charge is -2.28. The van der Waals surface area contributed by atoms with Crippen molar-refractivity contribution >= 4 is 22.7 Å². The Bertz CT molecular complexity index is 1230. The Morgan fingerprint density at radius 1 is 1.19 bits per heavy atom. The molecule has 0 aliphatic carbocycles. The third-order valence-corrected chi connectivity index (χ3v) is 7.45. The van der Waals surface area contributed by atoms with Gasteiger partial charge in [0.05, 0.1) is 24.9 Å². The maximum absolute atomic E-state index is 13.3. The highest BCUT2D eigenvalue weighted by atomic mass is 16.5. The van der Waals surface area contributed by atoms with Crippen LogP contribution in [0.5, 0.6) is 0 Å². The second-order valence-corrected chi connectivity index (χ2v) is 9.55. The number of rotatable bonds is 9. The maximum atomic E-state index is 13.3. The van der Waals surface area contributed by atoms with Crippen LogP contribution in [0.25, 0.3) is 10.9 Å². The van der Waals surface area contributed by atoms with Crippen LogP contribution in [0.2, 0.25) is 0 Å². The Morgan fingerprint density at radius 3 is 2.89 bits per heavy atom. The van der Waals surface area contributed by atoms with Crippen molar-refractivity contribution in [2.45, 2.75) is 51.9 Å². The number of para-hydroxylation sites is 1. The van der Waals surface area contributed by atoms with E-state index in [1.165, 1.54) is 0 Å². The Kier molecular flexibility index (Phi) is 7.33. The monoisotopic (exact) mass is 493 g/mol. The fourth-order valence-corrected chi connectivity index (χ4v) is 5.47. The maximum Gasteiger partial charge on any atom is 0.272 e. The van der Waals surface area contributed by atoms with Crippen LogP contribution < -0.4 is 5.32 Å². The number of amides is 2. The number of hydrogen-bond acceptors (Lipinski definition) is 6. The summed E-state index contributed by atoms with van der Waals surface area (Å²) in [7, 11) is 1.66. The molecular weight excluding hydrogens is 458 g/mol. The molecule has 1 fully saturated rings. The quantitative estimate of drug-likeness (QED) is 0.487. The third kappa shape index (κ3) is 4.87. The summed E-state index contributed by atoms with van der Waals surface area (Å²) < 4.78 is 8.88. The van der Waals surface area contributed by atoms with E-state index in [0.29, 0.717) is 50.9 Å². The van der Waals surface area contributed by atoms with Gasteiger partial charge < -0.3 is 15.0 Å². The smallest absolute Gasteiger partial charge is 0.272 e. The van der Waals surface area contributed by atoms with Crippen molar-refractivity contribution in [2.24, 2.45) is 0 Å². The molecule has 10 heteroatoms. The molecule has 4 heterocycles. The molecule has 2 aliphatic rings. The average Bonchev–Trinajstić information content (AvgIpc) is 3.63. The van der Waals surface area contributed by atoms with Crippen LogP contribution in [-0.2, 0) is 35.6 Å². The fraction of sp³-hybridized carbons (Fsp3) is 0.538. The molecule has 1 N–H and O–H groups in total. The molecule has 10 nitrogen and oxygen atoms in total. The minimum absolute atomic E-state index is 0.0185. The average molecular weight is 494 g/mol. The van der Waals surface area contributed by atoms with Crippen LogP contribution in [0.3, 0.4) is 0 Å². The van der Waals surface area contributed by atoms with Crippen molar-refractivity contribution in [1.82, 2.24) is 34.7 Å². The van der Waals surface area contributed by atoms with Gasteiger partial charge in [0.25, 0.3) is 5.91 Å². The van der Waals surface area contributed by atoms with Crippen molar-refractivity contribution < 1.29 is 14.3 Å². The molecule has 36 heavy (non-hydrogen) atoms. The molecule has 2 amide bonds. The summed E-state index contributed by atoms with van der Waals surface area (Å²) in [5, 5.41) is 13.2. The number of carbonyl (C=O) groups is 2. The summed E-state index contributed by atoms with van der Waals surface area (Å²) in [6, 6.07) is 8.23. The molecular formula is C26H35N7O3. The van der Waals surface area contributed by atoms with Gasteiger partial charge >= 0.3 is 0 Å². The van der Waals surface area contributed by atoms with E-state index in [9.17, 15) is 9.59 Å². The van der Waals surface area contributed by atoms with Gasteiger partial charge in [0.15, 0.2) is 5.69 Å². The molecule has 0 radical (unpaired) electrons. The van der Waals surface area contributed by atoms with Gasteiger partial charge in [0.1, 0.15) is 6.54 Å². The van der Waals surface area contributed by atoms with Gasteiger partial charge in [-0.05, 0) is 32.0 Å². The van der Waals surface area contributed by atoms with Crippen LogP contribution in [0.4, 0.5) is 0 Å². The molecule has 3 aromatic rings. The summed E-state index contributed by atoms with van der Waals surface area (Å²) in [4.78, 5) is 30.8. The fourth-order valence-electron chi connectivity index (χ4n) is 5.47. The predicted octanol–water partition coefficient (Wildman–Crippen LogP) is 1.68. The van der Waals surface area contributed by atoms with Gasteiger partial charge in [-0.25, -0.2) is 0 Å². The normalized spacial score (nSPS) is 18.1. The number of aromatic nitrogens is 4. The lowest BCUT2D eigenvalue weighted by Crippen LogP contribution is -2.41. The predicted molar refractivity (Wildman–Crippen MR) is 136 cm³/mol. The number of benzene rings is 1. The molecule has 1 aromatic carbocycles. The molecule has 192 valence electrons. The molecule has 0 bridgehead atoms. The number of nitrogens with one attached hydrogen (secondary N) is 1. The highest BCUT2D eigenvalue weighted by Crippen LogP contribution is 2.24. The summed E-state index contributed by atoms with van der Waals surface area (Å²) in [5.41, 5.74) is 3.21. The van der Waals surface area contributed by atoms with Crippen LogP contribution in [-0.4, -0.2) is 87.1 Å². The van der Waals surface area contributed by atoms with Gasteiger partial charge in [-0.2, -0.15) is 10.2 Å². The van der Waals surface area contributed by atoms with Gasteiger partial charge in [-0.15, -0.1) is 0 Å². The van der Waals surface area contributed by atoms with Gasteiger partial charge in [0.2, 0.25) is 5.91 Å². The Labute approximate surface area is 211 Å². The van der Waals surface area contributed by atoms with E-state index in [2.05, 4.69) is 27.3 Å². The summed E-state index contributed by atoms with van der Waals surface area (Å²) in [5.74, 6) is -0.187. The van der Waals surface area contributed by atoms with Crippen molar-refractivity contribution in [1.29, 1.82) is 0 Å². The zero-order valence-electron chi connectivity index (χ0n) is 21.2. The number of carbonyl (C=O) groups excluding carboxylic acids is 2. The van der Waals surface area contributed by atoms with E-state index >= 15 is 0 Å². The minimum Gasteiger partial charge on any atom is -0.383 e. The zero-order valence-corrected chi connectivity index (χ0v) is 21.2. The van der Waals surface area contributed by atoms with E-state index in [1.54, 1.807) is 18.0 Å². The SMILES string of the molecule is CCN1CCCC1CNC(=O)c1nn(CCOC)c2c1CN(C(=O)Cn1ncc3ccccc31)CC2. The molecule has 1 atom stereocenters. The van der Waals surface area contributed by atoms with E-state index in [0.717, 1.165) is 48.1 Å². The highest BCUT2D eigenvalue weighted by molar-refractivity contribution is 5.94. The topological polar surface area (TPSA) is 97.5 Å². The Balaban J connectivity index is 1.32. The Hall–Kier alpha value is -3.24. The number of likely N-dealkylation sites (N-methyl/N-ethyl adjacent to an activating group) is 1. The summed E-state index contributed by atoms with van der Waals surface area (Å²) in [6.07, 6.45) is 4.69.